The smallest absolute Gasteiger partial charge is 0.241 e. The normalized spacial score (nSPS) is 21.0. The zero-order chi connectivity index (χ0) is 15.6. The van der Waals surface area contributed by atoms with Gasteiger partial charge in [-0.05, 0) is 29.8 Å². The van der Waals surface area contributed by atoms with Crippen LogP contribution in [-0.4, -0.2) is 26.0 Å². The zero-order valence-corrected chi connectivity index (χ0v) is 13.4. The molecule has 0 amide bonds. The summed E-state index contributed by atoms with van der Waals surface area (Å²) in [6.45, 7) is 3.56. The second kappa shape index (κ2) is 6.20. The molecule has 2 bridgehead atoms. The van der Waals surface area contributed by atoms with E-state index in [1.54, 1.807) is 12.1 Å². The summed E-state index contributed by atoms with van der Waals surface area (Å²) < 4.78 is 27.9. The van der Waals surface area contributed by atoms with E-state index in [0.717, 1.165) is 24.2 Å². The van der Waals surface area contributed by atoms with Crippen molar-refractivity contribution in [3.05, 3.63) is 65.7 Å². The van der Waals surface area contributed by atoms with Crippen LogP contribution in [0.15, 0.2) is 59.5 Å². The quantitative estimate of drug-likeness (QED) is 0.946. The summed E-state index contributed by atoms with van der Waals surface area (Å²) in [6, 6.07) is 17.1. The third kappa shape index (κ3) is 3.21. The summed E-state index contributed by atoms with van der Waals surface area (Å²) in [5, 5.41) is 0. The van der Waals surface area contributed by atoms with E-state index in [4.69, 9.17) is 0 Å². The summed E-state index contributed by atoms with van der Waals surface area (Å²) in [7, 11) is -3.49. The van der Waals surface area contributed by atoms with Crippen molar-refractivity contribution in [2.45, 2.75) is 31.0 Å². The van der Waals surface area contributed by atoms with Crippen LogP contribution in [0, 0.1) is 0 Å². The van der Waals surface area contributed by atoms with Crippen LogP contribution < -0.4 is 4.72 Å². The minimum absolute atomic E-state index is 0.248. The molecule has 4 rings (SSSR count). The fraction of sp³-hybridized carbons (Fsp3) is 0.294. The van der Waals surface area contributed by atoms with Crippen molar-refractivity contribution in [3.63, 3.8) is 0 Å². The van der Waals surface area contributed by atoms with Gasteiger partial charge in [-0.2, -0.15) is 4.72 Å². The Balaban J connectivity index is 1.96. The lowest BCUT2D eigenvalue weighted by Gasteiger charge is -2.30. The average Bonchev–Trinajstić information content (AvgIpc) is 2.60. The molecule has 0 aliphatic carbocycles. The number of hydrogen-bond acceptors (Lipinski definition) is 3. The lowest BCUT2D eigenvalue weighted by Crippen LogP contribution is -2.48. The minimum atomic E-state index is -3.49. The van der Waals surface area contributed by atoms with Crippen LogP contribution in [0.4, 0.5) is 0 Å². The molecule has 1 unspecified atom stereocenters. The third-order valence-corrected chi connectivity index (χ3v) is 5.50. The molecule has 0 saturated carbocycles. The first-order valence-electron chi connectivity index (χ1n) is 7.48. The van der Waals surface area contributed by atoms with Gasteiger partial charge < -0.3 is 0 Å². The van der Waals surface area contributed by atoms with E-state index < -0.39 is 10.0 Å². The molecule has 0 saturated heterocycles. The van der Waals surface area contributed by atoms with E-state index in [2.05, 4.69) is 16.5 Å². The molecule has 1 atom stereocenters. The molecule has 116 valence electrons. The number of likely N-dealkylation sites (N-methyl/N-ethyl adjacent to an activating group) is 1. The van der Waals surface area contributed by atoms with Crippen LogP contribution in [0.3, 0.4) is 0 Å². The molecular weight excluding hydrogens is 296 g/mol. The van der Waals surface area contributed by atoms with Gasteiger partial charge in [-0.3, -0.25) is 4.90 Å². The molecule has 2 aliphatic heterocycles. The van der Waals surface area contributed by atoms with Crippen molar-refractivity contribution in [1.29, 1.82) is 0 Å². The first kappa shape index (κ1) is 15.2. The summed E-state index contributed by atoms with van der Waals surface area (Å²) in [5.74, 6) is 0. The highest BCUT2D eigenvalue weighted by Crippen LogP contribution is 2.19. The molecule has 4 nitrogen and oxygen atoms in total. The van der Waals surface area contributed by atoms with Crippen LogP contribution >= 0.6 is 0 Å². The van der Waals surface area contributed by atoms with Crippen molar-refractivity contribution < 1.29 is 8.42 Å². The first-order chi connectivity index (χ1) is 10.6. The third-order valence-electron chi connectivity index (χ3n) is 4.03. The zero-order valence-electron chi connectivity index (χ0n) is 12.6. The summed E-state index contributed by atoms with van der Waals surface area (Å²) in [4.78, 5) is 2.48. The maximum Gasteiger partial charge on any atom is 0.241 e. The van der Waals surface area contributed by atoms with Crippen molar-refractivity contribution >= 4 is 10.0 Å². The molecule has 2 aliphatic rings. The number of fused-ring (bicyclic) bond motifs is 6. The molecule has 1 N–H and O–H groups in total. The molecule has 22 heavy (non-hydrogen) atoms. The Hall–Kier alpha value is -1.69. The maximum atomic E-state index is 12.5. The van der Waals surface area contributed by atoms with Gasteiger partial charge in [0.2, 0.25) is 10.0 Å². The lowest BCUT2D eigenvalue weighted by molar-refractivity contribution is 0.185. The predicted octanol–water partition coefficient (Wildman–Crippen LogP) is 2.37. The Morgan fingerprint density at radius 2 is 1.77 bits per heavy atom. The average molecular weight is 316 g/mol. The number of nitrogens with one attached hydrogen (secondary N) is 1. The Labute approximate surface area is 131 Å². The Morgan fingerprint density at radius 1 is 1.09 bits per heavy atom. The van der Waals surface area contributed by atoms with E-state index in [0.29, 0.717) is 11.3 Å². The molecule has 0 fully saturated rings. The summed E-state index contributed by atoms with van der Waals surface area (Å²) in [5.41, 5.74) is 2.25. The Kier molecular flexibility index (Phi) is 4.29. The van der Waals surface area contributed by atoms with Gasteiger partial charge >= 0.3 is 0 Å². The van der Waals surface area contributed by atoms with E-state index in [1.165, 1.54) is 0 Å². The monoisotopic (exact) mass is 316 g/mol. The molecule has 0 aromatic heterocycles. The van der Waals surface area contributed by atoms with Crippen molar-refractivity contribution in [2.24, 2.45) is 0 Å². The van der Waals surface area contributed by atoms with Crippen LogP contribution in [0.1, 0.15) is 18.1 Å². The van der Waals surface area contributed by atoms with E-state index in [9.17, 15) is 8.42 Å². The first-order valence-corrected chi connectivity index (χ1v) is 8.96. The van der Waals surface area contributed by atoms with E-state index in [-0.39, 0.29) is 6.17 Å². The van der Waals surface area contributed by atoms with Gasteiger partial charge in [0.25, 0.3) is 0 Å². The molecule has 0 radical (unpaired) electrons. The van der Waals surface area contributed by atoms with Gasteiger partial charge in [0.15, 0.2) is 0 Å². The summed E-state index contributed by atoms with van der Waals surface area (Å²) >= 11 is 0. The molecule has 5 heteroatoms. The highest BCUT2D eigenvalue weighted by molar-refractivity contribution is 7.89. The van der Waals surface area contributed by atoms with Crippen LogP contribution in [0.2, 0.25) is 0 Å². The fourth-order valence-electron chi connectivity index (χ4n) is 2.78. The second-order valence-electron chi connectivity index (χ2n) is 5.53. The summed E-state index contributed by atoms with van der Waals surface area (Å²) in [6.07, 6.45) is 0.399. The van der Waals surface area contributed by atoms with Gasteiger partial charge in [0, 0.05) is 13.0 Å². The molecule has 0 spiro atoms. The highest BCUT2D eigenvalue weighted by Gasteiger charge is 2.26. The van der Waals surface area contributed by atoms with E-state index in [1.807, 2.05) is 42.5 Å². The lowest BCUT2D eigenvalue weighted by atomic mass is 10.1. The second-order valence-corrected chi connectivity index (χ2v) is 7.25. The number of rotatable bonds is 3. The van der Waals surface area contributed by atoms with Gasteiger partial charge in [-0.15, -0.1) is 0 Å². The van der Waals surface area contributed by atoms with E-state index >= 15 is 0 Å². The van der Waals surface area contributed by atoms with Crippen molar-refractivity contribution in [2.75, 3.05) is 6.54 Å². The number of benzene rings is 2. The Bertz CT molecular complexity index is 727. The predicted molar refractivity (Wildman–Crippen MR) is 86.8 cm³/mol. The largest absolute Gasteiger partial charge is 0.283 e. The highest BCUT2D eigenvalue weighted by atomic mass is 32.2. The molecule has 2 aromatic carbocycles. The maximum absolute atomic E-state index is 12.5. The van der Waals surface area contributed by atoms with Crippen molar-refractivity contribution in [1.82, 2.24) is 9.62 Å². The molecular formula is C17H20N2O2S. The Morgan fingerprint density at radius 3 is 2.41 bits per heavy atom. The number of sulfonamides is 1. The molecule has 2 heterocycles. The number of hydrogen-bond donors (Lipinski definition) is 1. The SMILES string of the molecule is CCN1Cc2ccc(cc2)S(=O)(=O)NC1Cc1ccccc1. The van der Waals surface area contributed by atoms with Gasteiger partial charge in [-0.1, -0.05) is 49.4 Å². The number of nitrogens with zero attached hydrogens (tertiary/aromatic N) is 1. The molecule has 2 aromatic rings. The van der Waals surface area contributed by atoms with Gasteiger partial charge in [0.1, 0.15) is 0 Å². The van der Waals surface area contributed by atoms with Crippen LogP contribution in [-0.2, 0) is 23.0 Å². The fourth-order valence-corrected chi connectivity index (χ4v) is 4.00. The van der Waals surface area contributed by atoms with Crippen LogP contribution in [0.25, 0.3) is 0 Å². The van der Waals surface area contributed by atoms with Crippen molar-refractivity contribution in [3.8, 4) is 0 Å². The van der Waals surface area contributed by atoms with Gasteiger partial charge in [-0.25, -0.2) is 8.42 Å². The standard InChI is InChI=1S/C17H20N2O2S/c1-2-19-13-15-8-10-16(11-9-15)22(20,21)18-17(19)12-14-6-4-3-5-7-14/h3-11,17-18H,2,12-13H2,1H3. The van der Waals surface area contributed by atoms with Gasteiger partial charge in [0.05, 0.1) is 11.1 Å². The topological polar surface area (TPSA) is 49.4 Å². The minimum Gasteiger partial charge on any atom is -0.283 e. The van der Waals surface area contributed by atoms with Crippen LogP contribution in [0.5, 0.6) is 0 Å².